The zero-order chi connectivity index (χ0) is 24.9. The zero-order valence-corrected chi connectivity index (χ0v) is 21.1. The van der Waals surface area contributed by atoms with E-state index < -0.39 is 0 Å². The summed E-state index contributed by atoms with van der Waals surface area (Å²) in [5.74, 6) is -0.300. The number of carbonyl (C=O) groups is 2. The van der Waals surface area contributed by atoms with Crippen LogP contribution in [0.25, 0.3) is 22.0 Å². The van der Waals surface area contributed by atoms with Gasteiger partial charge in [-0.05, 0) is 48.0 Å². The summed E-state index contributed by atoms with van der Waals surface area (Å²) in [4.78, 5) is 31.0. The number of hydrogen-bond donors (Lipinski definition) is 2. The number of hydrogen-bond acceptors (Lipinski definition) is 5. The fraction of sp³-hybridized carbons (Fsp3) is 0.0690. The minimum atomic E-state index is -0.347. The van der Waals surface area contributed by atoms with Crippen LogP contribution >= 0.6 is 23.1 Å². The molecule has 0 radical (unpaired) electrons. The summed E-state index contributed by atoms with van der Waals surface area (Å²) >= 11 is 2.83. The Balaban J connectivity index is 1.21. The van der Waals surface area contributed by atoms with Gasteiger partial charge in [-0.15, -0.1) is 23.1 Å². The molecule has 2 amide bonds. The normalized spacial score (nSPS) is 11.7. The molecule has 0 aliphatic heterocycles. The molecule has 1 aromatic heterocycles. The lowest BCUT2D eigenvalue weighted by Gasteiger charge is -2.12. The number of nitrogens with zero attached hydrogens (tertiary/aromatic N) is 1. The van der Waals surface area contributed by atoms with Gasteiger partial charge in [0.15, 0.2) is 5.13 Å². The van der Waals surface area contributed by atoms with Crippen LogP contribution in [0.5, 0.6) is 0 Å². The van der Waals surface area contributed by atoms with Crippen molar-refractivity contribution in [1.29, 1.82) is 0 Å². The van der Waals surface area contributed by atoms with E-state index in [0.717, 1.165) is 26.9 Å². The third-order valence-electron chi connectivity index (χ3n) is 5.59. The number of thioether (sulfide) groups is 1. The number of nitrogens with one attached hydrogen (secondary N) is 2. The van der Waals surface area contributed by atoms with Gasteiger partial charge in [0.2, 0.25) is 5.91 Å². The van der Waals surface area contributed by atoms with E-state index >= 15 is 0 Å². The third-order valence-corrected chi connectivity index (χ3v) is 7.44. The molecule has 1 heterocycles. The fourth-order valence-corrected chi connectivity index (χ4v) is 5.37. The van der Waals surface area contributed by atoms with E-state index in [4.69, 9.17) is 0 Å². The molecule has 7 heteroatoms. The Labute approximate surface area is 217 Å². The van der Waals surface area contributed by atoms with Gasteiger partial charge < -0.3 is 10.6 Å². The highest BCUT2D eigenvalue weighted by Gasteiger charge is 2.17. The Hall–Kier alpha value is -3.94. The van der Waals surface area contributed by atoms with E-state index in [0.29, 0.717) is 16.4 Å². The molecule has 0 spiro atoms. The van der Waals surface area contributed by atoms with Crippen molar-refractivity contribution in [3.05, 3.63) is 108 Å². The first-order valence-electron chi connectivity index (χ1n) is 11.4. The number of benzene rings is 4. The van der Waals surface area contributed by atoms with Crippen LogP contribution in [0, 0.1) is 0 Å². The number of thiazole rings is 1. The molecule has 0 saturated heterocycles. The van der Waals surface area contributed by atoms with Crippen molar-refractivity contribution in [3.63, 3.8) is 0 Å². The lowest BCUT2D eigenvalue weighted by molar-refractivity contribution is -0.115. The van der Waals surface area contributed by atoms with Crippen LogP contribution in [0.1, 0.15) is 17.3 Å². The van der Waals surface area contributed by atoms with Crippen molar-refractivity contribution < 1.29 is 9.59 Å². The van der Waals surface area contributed by atoms with E-state index in [-0.39, 0.29) is 17.1 Å². The SMILES string of the molecule is CC(Sc1cccc(NC(=O)c2ccc3ccccc3c2)c1)C(=O)Nc1nc(-c2ccccc2)cs1. The number of fused-ring (bicyclic) bond motifs is 1. The summed E-state index contributed by atoms with van der Waals surface area (Å²) in [6.45, 7) is 1.85. The van der Waals surface area contributed by atoms with E-state index in [1.807, 2.05) is 109 Å². The maximum absolute atomic E-state index is 12.8. The summed E-state index contributed by atoms with van der Waals surface area (Å²) < 4.78 is 0. The number of anilines is 2. The second-order valence-corrected chi connectivity index (χ2v) is 10.5. The molecule has 5 aromatic rings. The van der Waals surface area contributed by atoms with Gasteiger partial charge in [0.25, 0.3) is 5.91 Å². The summed E-state index contributed by atoms with van der Waals surface area (Å²) in [6.07, 6.45) is 0. The topological polar surface area (TPSA) is 71.1 Å². The lowest BCUT2D eigenvalue weighted by Crippen LogP contribution is -2.22. The monoisotopic (exact) mass is 509 g/mol. The molecule has 0 bridgehead atoms. The molecule has 0 fully saturated rings. The standard InChI is InChI=1S/C29H23N3O2S2/c1-19(27(33)32-29-31-26(18-35-29)21-9-3-2-4-10-21)36-25-13-7-12-24(17-25)30-28(34)23-15-14-20-8-5-6-11-22(20)16-23/h2-19H,1H3,(H,30,34)(H,31,32,33). The molecule has 1 unspecified atom stereocenters. The highest BCUT2D eigenvalue weighted by atomic mass is 32.2. The number of rotatable bonds is 7. The predicted molar refractivity (Wildman–Crippen MR) is 150 cm³/mol. The molecule has 0 saturated carbocycles. The van der Waals surface area contributed by atoms with Crippen LogP contribution in [-0.4, -0.2) is 22.0 Å². The highest BCUT2D eigenvalue weighted by Crippen LogP contribution is 2.29. The van der Waals surface area contributed by atoms with Crippen LogP contribution in [0.4, 0.5) is 10.8 Å². The van der Waals surface area contributed by atoms with Gasteiger partial charge in [-0.25, -0.2) is 4.98 Å². The average Bonchev–Trinajstić information content (AvgIpc) is 3.37. The van der Waals surface area contributed by atoms with Gasteiger partial charge in [-0.2, -0.15) is 0 Å². The van der Waals surface area contributed by atoms with Crippen LogP contribution in [0.2, 0.25) is 0 Å². The first-order chi connectivity index (χ1) is 17.5. The van der Waals surface area contributed by atoms with Crippen molar-refractivity contribution in [1.82, 2.24) is 4.98 Å². The van der Waals surface area contributed by atoms with Crippen molar-refractivity contribution >= 4 is 56.5 Å². The molecule has 5 nitrogen and oxygen atoms in total. The smallest absolute Gasteiger partial charge is 0.255 e. The Morgan fingerprint density at radius 2 is 1.61 bits per heavy atom. The predicted octanol–water partition coefficient (Wildman–Crippen LogP) is 7.33. The van der Waals surface area contributed by atoms with Crippen molar-refractivity contribution in [2.24, 2.45) is 0 Å². The second-order valence-electron chi connectivity index (χ2n) is 8.20. The Kier molecular flexibility index (Phi) is 7.11. The molecule has 1 atom stereocenters. The van der Waals surface area contributed by atoms with Gasteiger partial charge in [0.1, 0.15) is 0 Å². The molecular formula is C29H23N3O2S2. The maximum atomic E-state index is 12.8. The first-order valence-corrected chi connectivity index (χ1v) is 13.2. The van der Waals surface area contributed by atoms with Crippen molar-refractivity contribution in [2.45, 2.75) is 17.1 Å². The van der Waals surface area contributed by atoms with Gasteiger partial charge in [-0.3, -0.25) is 9.59 Å². The van der Waals surface area contributed by atoms with Gasteiger partial charge in [0, 0.05) is 27.1 Å². The average molecular weight is 510 g/mol. The van der Waals surface area contributed by atoms with E-state index in [1.165, 1.54) is 23.1 Å². The van der Waals surface area contributed by atoms with Crippen LogP contribution < -0.4 is 10.6 Å². The fourth-order valence-electron chi connectivity index (χ4n) is 3.72. The molecule has 2 N–H and O–H groups in total. The minimum absolute atomic E-state index is 0.125. The van der Waals surface area contributed by atoms with Crippen LogP contribution in [0.3, 0.4) is 0 Å². The lowest BCUT2D eigenvalue weighted by atomic mass is 10.1. The Bertz CT molecular complexity index is 1530. The first kappa shape index (κ1) is 23.8. The largest absolute Gasteiger partial charge is 0.322 e. The Morgan fingerprint density at radius 1 is 0.833 bits per heavy atom. The summed E-state index contributed by atoms with van der Waals surface area (Å²) in [7, 11) is 0. The summed E-state index contributed by atoms with van der Waals surface area (Å²) in [5, 5.41) is 10.1. The molecule has 0 aliphatic carbocycles. The molecule has 178 valence electrons. The second kappa shape index (κ2) is 10.8. The summed E-state index contributed by atoms with van der Waals surface area (Å²) in [6, 6.07) is 31.0. The summed E-state index contributed by atoms with van der Waals surface area (Å²) in [5.41, 5.74) is 3.13. The minimum Gasteiger partial charge on any atom is -0.322 e. The van der Waals surface area contributed by atoms with Crippen LogP contribution in [-0.2, 0) is 4.79 Å². The molecule has 4 aromatic carbocycles. The van der Waals surface area contributed by atoms with E-state index in [9.17, 15) is 9.59 Å². The number of amides is 2. The van der Waals surface area contributed by atoms with Gasteiger partial charge in [0.05, 0.1) is 10.9 Å². The van der Waals surface area contributed by atoms with Crippen molar-refractivity contribution in [3.8, 4) is 11.3 Å². The van der Waals surface area contributed by atoms with Crippen molar-refractivity contribution in [2.75, 3.05) is 10.6 Å². The number of carbonyl (C=O) groups excluding carboxylic acids is 2. The van der Waals surface area contributed by atoms with Gasteiger partial charge in [-0.1, -0.05) is 66.7 Å². The maximum Gasteiger partial charge on any atom is 0.255 e. The molecule has 36 heavy (non-hydrogen) atoms. The quantitative estimate of drug-likeness (QED) is 0.225. The number of aromatic nitrogens is 1. The van der Waals surface area contributed by atoms with E-state index in [2.05, 4.69) is 15.6 Å². The molecule has 5 rings (SSSR count). The zero-order valence-electron chi connectivity index (χ0n) is 19.5. The van der Waals surface area contributed by atoms with Crippen LogP contribution in [0.15, 0.2) is 107 Å². The van der Waals surface area contributed by atoms with E-state index in [1.54, 1.807) is 0 Å². The highest BCUT2D eigenvalue weighted by molar-refractivity contribution is 8.00. The van der Waals surface area contributed by atoms with Gasteiger partial charge >= 0.3 is 0 Å². The third kappa shape index (κ3) is 5.64. The Morgan fingerprint density at radius 3 is 2.44 bits per heavy atom. The molecule has 0 aliphatic rings. The molecular weight excluding hydrogens is 486 g/mol.